The lowest BCUT2D eigenvalue weighted by molar-refractivity contribution is 0.0698. The second kappa shape index (κ2) is 5.36. The first-order valence-corrected chi connectivity index (χ1v) is 6.02. The van der Waals surface area contributed by atoms with Crippen LogP contribution >= 0.6 is 15.9 Å². The van der Waals surface area contributed by atoms with Crippen LogP contribution in [0.3, 0.4) is 0 Å². The van der Waals surface area contributed by atoms with Gasteiger partial charge in [0.2, 0.25) is 0 Å². The molecule has 2 aromatic rings. The molecule has 6 heteroatoms. The Morgan fingerprint density at radius 2 is 1.74 bits per heavy atom. The number of hydrogen-bond acceptors (Lipinski definition) is 2. The lowest BCUT2D eigenvalue weighted by atomic mass is 10.1. The van der Waals surface area contributed by atoms with Gasteiger partial charge in [0.1, 0.15) is 5.69 Å². The number of carboxylic acids is 1. The van der Waals surface area contributed by atoms with E-state index in [0.29, 0.717) is 0 Å². The van der Waals surface area contributed by atoms with Crippen LogP contribution in [0.15, 0.2) is 40.9 Å². The van der Waals surface area contributed by atoms with Crippen LogP contribution in [0.2, 0.25) is 0 Å². The molecule has 0 unspecified atom stereocenters. The third kappa shape index (κ3) is 2.90. The molecular formula is C13H8BrF2NO2. The molecule has 0 heterocycles. The van der Waals surface area contributed by atoms with Gasteiger partial charge in [0, 0.05) is 4.47 Å². The zero-order valence-corrected chi connectivity index (χ0v) is 11.0. The van der Waals surface area contributed by atoms with E-state index >= 15 is 0 Å². The standard InChI is InChI=1S/C13H8BrF2NO2/c14-7-5-9(15)12(10(16)6-7)17-11-4-2-1-3-8(11)13(18)19/h1-6,17H,(H,18,19). The highest BCUT2D eigenvalue weighted by Crippen LogP contribution is 2.28. The first kappa shape index (κ1) is 13.5. The molecule has 0 radical (unpaired) electrons. The smallest absolute Gasteiger partial charge is 0.337 e. The molecule has 0 atom stereocenters. The van der Waals surface area contributed by atoms with Crippen LogP contribution in [-0.4, -0.2) is 11.1 Å². The van der Waals surface area contributed by atoms with Gasteiger partial charge in [-0.3, -0.25) is 0 Å². The van der Waals surface area contributed by atoms with Gasteiger partial charge in [-0.15, -0.1) is 0 Å². The quantitative estimate of drug-likeness (QED) is 0.889. The van der Waals surface area contributed by atoms with E-state index in [9.17, 15) is 13.6 Å². The van der Waals surface area contributed by atoms with Crippen molar-refractivity contribution in [2.45, 2.75) is 0 Å². The maximum atomic E-state index is 13.6. The molecule has 0 amide bonds. The predicted molar refractivity (Wildman–Crippen MR) is 70.7 cm³/mol. The number of carboxylic acid groups (broad SMARTS) is 1. The Morgan fingerprint density at radius 1 is 1.16 bits per heavy atom. The molecule has 0 aliphatic heterocycles. The van der Waals surface area contributed by atoms with Crippen LogP contribution in [0.25, 0.3) is 0 Å². The fraction of sp³-hybridized carbons (Fsp3) is 0. The highest BCUT2D eigenvalue weighted by atomic mass is 79.9. The molecule has 0 aliphatic rings. The fourth-order valence-corrected chi connectivity index (χ4v) is 1.98. The highest BCUT2D eigenvalue weighted by Gasteiger charge is 2.14. The number of nitrogens with one attached hydrogen (secondary N) is 1. The van der Waals surface area contributed by atoms with Gasteiger partial charge in [0.25, 0.3) is 0 Å². The van der Waals surface area contributed by atoms with Gasteiger partial charge in [-0.25, -0.2) is 13.6 Å². The van der Waals surface area contributed by atoms with E-state index in [-0.39, 0.29) is 15.7 Å². The molecule has 2 rings (SSSR count). The van der Waals surface area contributed by atoms with Crippen molar-refractivity contribution in [1.29, 1.82) is 0 Å². The SMILES string of the molecule is O=C(O)c1ccccc1Nc1c(F)cc(Br)cc1F. The maximum Gasteiger partial charge on any atom is 0.337 e. The molecule has 0 saturated carbocycles. The van der Waals surface area contributed by atoms with Gasteiger partial charge in [-0.1, -0.05) is 28.1 Å². The lowest BCUT2D eigenvalue weighted by Crippen LogP contribution is -2.04. The normalized spacial score (nSPS) is 10.3. The van der Waals surface area contributed by atoms with Crippen LogP contribution in [0.4, 0.5) is 20.2 Å². The largest absolute Gasteiger partial charge is 0.478 e. The van der Waals surface area contributed by atoms with E-state index < -0.39 is 23.3 Å². The Bertz CT molecular complexity index is 623. The second-order valence-electron chi connectivity index (χ2n) is 3.72. The number of benzene rings is 2. The number of carbonyl (C=O) groups is 1. The summed E-state index contributed by atoms with van der Waals surface area (Å²) < 4.78 is 27.6. The molecular weight excluding hydrogens is 320 g/mol. The summed E-state index contributed by atoms with van der Waals surface area (Å²) in [7, 11) is 0. The number of anilines is 2. The number of aromatic carboxylic acids is 1. The summed E-state index contributed by atoms with van der Waals surface area (Å²) in [4.78, 5) is 11.0. The van der Waals surface area contributed by atoms with E-state index in [1.807, 2.05) is 0 Å². The van der Waals surface area contributed by atoms with E-state index in [0.717, 1.165) is 12.1 Å². The average molecular weight is 328 g/mol. The summed E-state index contributed by atoms with van der Waals surface area (Å²) >= 11 is 2.97. The van der Waals surface area contributed by atoms with Crippen LogP contribution in [0.5, 0.6) is 0 Å². The van der Waals surface area contributed by atoms with Gasteiger partial charge in [0.05, 0.1) is 11.3 Å². The molecule has 19 heavy (non-hydrogen) atoms. The van der Waals surface area contributed by atoms with Crippen molar-refractivity contribution in [3.63, 3.8) is 0 Å². The van der Waals surface area contributed by atoms with E-state index in [1.54, 1.807) is 6.07 Å². The summed E-state index contributed by atoms with van der Waals surface area (Å²) in [6.07, 6.45) is 0. The minimum absolute atomic E-state index is 0.0655. The molecule has 0 fully saturated rings. The summed E-state index contributed by atoms with van der Waals surface area (Å²) in [5, 5.41) is 11.5. The predicted octanol–water partition coefficient (Wildman–Crippen LogP) is 4.17. The van der Waals surface area contributed by atoms with Crippen molar-refractivity contribution in [2.24, 2.45) is 0 Å². The molecule has 2 N–H and O–H groups in total. The van der Waals surface area contributed by atoms with Gasteiger partial charge in [-0.2, -0.15) is 0 Å². The zero-order valence-electron chi connectivity index (χ0n) is 9.45. The van der Waals surface area contributed by atoms with Gasteiger partial charge in [-0.05, 0) is 24.3 Å². The van der Waals surface area contributed by atoms with Crippen LogP contribution < -0.4 is 5.32 Å². The Hall–Kier alpha value is -1.95. The summed E-state index contributed by atoms with van der Waals surface area (Å²) in [6, 6.07) is 8.07. The highest BCUT2D eigenvalue weighted by molar-refractivity contribution is 9.10. The van der Waals surface area contributed by atoms with Crippen molar-refractivity contribution in [1.82, 2.24) is 0 Å². The fourth-order valence-electron chi connectivity index (χ4n) is 1.57. The van der Waals surface area contributed by atoms with E-state index in [1.165, 1.54) is 18.2 Å². The molecule has 2 aromatic carbocycles. The number of rotatable bonds is 3. The Balaban J connectivity index is 2.45. The number of hydrogen-bond donors (Lipinski definition) is 2. The molecule has 98 valence electrons. The number of para-hydroxylation sites is 1. The minimum atomic E-state index is -1.18. The Labute approximate surface area is 116 Å². The Kier molecular flexibility index (Phi) is 3.80. The van der Waals surface area contributed by atoms with Crippen molar-refractivity contribution in [3.8, 4) is 0 Å². The van der Waals surface area contributed by atoms with Crippen molar-refractivity contribution in [3.05, 3.63) is 58.1 Å². The van der Waals surface area contributed by atoms with Crippen LogP contribution in [0, 0.1) is 11.6 Å². The van der Waals surface area contributed by atoms with Crippen molar-refractivity contribution in [2.75, 3.05) is 5.32 Å². The number of halogens is 3. The topological polar surface area (TPSA) is 49.3 Å². The molecule has 0 saturated heterocycles. The third-order valence-electron chi connectivity index (χ3n) is 2.42. The van der Waals surface area contributed by atoms with Crippen LogP contribution in [-0.2, 0) is 0 Å². The third-order valence-corrected chi connectivity index (χ3v) is 2.88. The van der Waals surface area contributed by atoms with E-state index in [2.05, 4.69) is 21.2 Å². The molecule has 0 bridgehead atoms. The first-order valence-electron chi connectivity index (χ1n) is 5.23. The molecule has 0 spiro atoms. The molecule has 0 aromatic heterocycles. The van der Waals surface area contributed by atoms with Gasteiger partial charge >= 0.3 is 5.97 Å². The monoisotopic (exact) mass is 327 g/mol. The van der Waals surface area contributed by atoms with Gasteiger partial charge < -0.3 is 10.4 Å². The van der Waals surface area contributed by atoms with Gasteiger partial charge in [0.15, 0.2) is 11.6 Å². The zero-order chi connectivity index (χ0) is 14.0. The summed E-state index contributed by atoms with van der Waals surface area (Å²) in [5.74, 6) is -2.81. The summed E-state index contributed by atoms with van der Waals surface area (Å²) in [6.45, 7) is 0. The van der Waals surface area contributed by atoms with Crippen LogP contribution in [0.1, 0.15) is 10.4 Å². The molecule has 0 aliphatic carbocycles. The Morgan fingerprint density at radius 3 is 2.32 bits per heavy atom. The van der Waals surface area contributed by atoms with Crippen molar-refractivity contribution < 1.29 is 18.7 Å². The lowest BCUT2D eigenvalue weighted by Gasteiger charge is -2.11. The van der Waals surface area contributed by atoms with E-state index in [4.69, 9.17) is 5.11 Å². The second-order valence-corrected chi connectivity index (χ2v) is 4.64. The van der Waals surface area contributed by atoms with Crippen molar-refractivity contribution >= 4 is 33.3 Å². The maximum absolute atomic E-state index is 13.6. The average Bonchev–Trinajstić information content (AvgIpc) is 2.34. The summed E-state index contributed by atoms with van der Waals surface area (Å²) in [5.41, 5.74) is -0.337. The first-order chi connectivity index (χ1) is 8.99. The minimum Gasteiger partial charge on any atom is -0.478 e. The molecule has 3 nitrogen and oxygen atoms in total.